The second-order valence-corrected chi connectivity index (χ2v) is 9.48. The SMILES string of the molecule is COC(=O)c1cccc(Oc2ccc(Nc3ncc(C4CCOCC4)c(=O)n3Cc3ccc(Cl)cc3)cc2)n1. The zero-order valence-corrected chi connectivity index (χ0v) is 22.1. The Kier molecular flexibility index (Phi) is 8.19. The third-order valence-electron chi connectivity index (χ3n) is 6.44. The van der Waals surface area contributed by atoms with Crippen molar-refractivity contribution in [3.05, 3.63) is 105 Å². The Morgan fingerprint density at radius 1 is 1.08 bits per heavy atom. The lowest BCUT2D eigenvalue weighted by Gasteiger charge is -2.23. The maximum Gasteiger partial charge on any atom is 0.356 e. The predicted octanol–water partition coefficient (Wildman–Crippen LogP) is 5.56. The number of carbonyl (C=O) groups is 1. The van der Waals surface area contributed by atoms with Gasteiger partial charge in [-0.1, -0.05) is 29.8 Å². The van der Waals surface area contributed by atoms with Crippen LogP contribution in [0, 0.1) is 0 Å². The monoisotopic (exact) mass is 546 g/mol. The summed E-state index contributed by atoms with van der Waals surface area (Å²) in [5.41, 5.74) is 2.42. The molecule has 1 aliphatic rings. The summed E-state index contributed by atoms with van der Waals surface area (Å²) in [6, 6.07) is 19.4. The van der Waals surface area contributed by atoms with E-state index < -0.39 is 5.97 Å². The first kappa shape index (κ1) is 26.4. The lowest BCUT2D eigenvalue weighted by molar-refractivity contribution is 0.0593. The van der Waals surface area contributed by atoms with Gasteiger partial charge in [-0.25, -0.2) is 14.8 Å². The van der Waals surface area contributed by atoms with Gasteiger partial charge in [0, 0.05) is 41.8 Å². The molecule has 0 bridgehead atoms. The minimum absolute atomic E-state index is 0.0779. The van der Waals surface area contributed by atoms with Crippen LogP contribution in [0.5, 0.6) is 11.6 Å². The zero-order valence-electron chi connectivity index (χ0n) is 21.3. The summed E-state index contributed by atoms with van der Waals surface area (Å²) in [5, 5.41) is 3.90. The first-order chi connectivity index (χ1) is 19.0. The van der Waals surface area contributed by atoms with Gasteiger partial charge in [-0.15, -0.1) is 0 Å². The third-order valence-corrected chi connectivity index (χ3v) is 6.69. The number of rotatable bonds is 8. The summed E-state index contributed by atoms with van der Waals surface area (Å²) >= 11 is 6.06. The van der Waals surface area contributed by atoms with Gasteiger partial charge in [-0.3, -0.25) is 9.36 Å². The van der Waals surface area contributed by atoms with E-state index in [1.807, 2.05) is 24.3 Å². The number of benzene rings is 2. The number of pyridine rings is 1. The van der Waals surface area contributed by atoms with Gasteiger partial charge in [-0.2, -0.15) is 0 Å². The average molecular weight is 547 g/mol. The number of halogens is 1. The van der Waals surface area contributed by atoms with Gasteiger partial charge in [0.05, 0.1) is 13.7 Å². The smallest absolute Gasteiger partial charge is 0.356 e. The van der Waals surface area contributed by atoms with Gasteiger partial charge in [-0.05, 0) is 66.8 Å². The normalized spacial score (nSPS) is 13.6. The molecule has 5 rings (SSSR count). The maximum atomic E-state index is 13.7. The number of methoxy groups -OCH3 is 1. The molecule has 0 saturated carbocycles. The molecule has 0 spiro atoms. The highest BCUT2D eigenvalue weighted by molar-refractivity contribution is 6.30. The lowest BCUT2D eigenvalue weighted by atomic mass is 9.94. The van der Waals surface area contributed by atoms with Gasteiger partial charge < -0.3 is 19.5 Å². The third kappa shape index (κ3) is 6.45. The van der Waals surface area contributed by atoms with E-state index in [1.54, 1.807) is 53.2 Å². The van der Waals surface area contributed by atoms with Gasteiger partial charge in [0.25, 0.3) is 5.56 Å². The maximum absolute atomic E-state index is 13.7. The van der Waals surface area contributed by atoms with Crippen molar-refractivity contribution < 1.29 is 19.0 Å². The van der Waals surface area contributed by atoms with E-state index in [0.717, 1.165) is 18.4 Å². The number of ether oxygens (including phenoxy) is 3. The van der Waals surface area contributed by atoms with Crippen molar-refractivity contribution in [2.75, 3.05) is 25.6 Å². The minimum atomic E-state index is -0.542. The van der Waals surface area contributed by atoms with Crippen molar-refractivity contribution in [1.29, 1.82) is 0 Å². The molecule has 0 aliphatic carbocycles. The van der Waals surface area contributed by atoms with Crippen molar-refractivity contribution in [3.8, 4) is 11.6 Å². The molecule has 2 aromatic carbocycles. The lowest BCUT2D eigenvalue weighted by Crippen LogP contribution is -2.30. The Morgan fingerprint density at radius 2 is 1.82 bits per heavy atom. The predicted molar refractivity (Wildman–Crippen MR) is 147 cm³/mol. The van der Waals surface area contributed by atoms with Crippen LogP contribution < -0.4 is 15.6 Å². The molecule has 2 aromatic heterocycles. The summed E-state index contributed by atoms with van der Waals surface area (Å²) in [6.45, 7) is 1.61. The van der Waals surface area contributed by atoms with Crippen LogP contribution in [0.2, 0.25) is 5.02 Å². The van der Waals surface area contributed by atoms with Crippen LogP contribution >= 0.6 is 11.6 Å². The molecule has 1 N–H and O–H groups in total. The molecule has 3 heterocycles. The molecule has 1 saturated heterocycles. The van der Waals surface area contributed by atoms with Crippen LogP contribution in [-0.2, 0) is 16.0 Å². The van der Waals surface area contributed by atoms with Crippen LogP contribution in [0.4, 0.5) is 11.6 Å². The molecular formula is C29H27ClN4O5. The van der Waals surface area contributed by atoms with E-state index >= 15 is 0 Å². The number of anilines is 2. The van der Waals surface area contributed by atoms with Gasteiger partial charge in [0.2, 0.25) is 11.8 Å². The topological polar surface area (TPSA) is 105 Å². The molecule has 1 fully saturated rings. The molecule has 0 atom stereocenters. The summed E-state index contributed by atoms with van der Waals surface area (Å²) in [6.07, 6.45) is 3.27. The van der Waals surface area contributed by atoms with Crippen molar-refractivity contribution in [3.63, 3.8) is 0 Å². The number of nitrogens with zero attached hydrogens (tertiary/aromatic N) is 3. The largest absolute Gasteiger partial charge is 0.464 e. The van der Waals surface area contributed by atoms with E-state index in [4.69, 9.17) is 25.8 Å². The first-order valence-electron chi connectivity index (χ1n) is 12.5. The molecule has 4 aromatic rings. The van der Waals surface area contributed by atoms with Crippen LogP contribution in [0.3, 0.4) is 0 Å². The van der Waals surface area contributed by atoms with Crippen molar-refractivity contribution >= 4 is 29.2 Å². The van der Waals surface area contributed by atoms with Crippen LogP contribution in [0.1, 0.15) is 40.4 Å². The Bertz CT molecular complexity index is 1500. The fourth-order valence-corrected chi connectivity index (χ4v) is 4.49. The Hall–Kier alpha value is -4.21. The van der Waals surface area contributed by atoms with Gasteiger partial charge in [0.15, 0.2) is 5.69 Å². The summed E-state index contributed by atoms with van der Waals surface area (Å²) in [7, 11) is 1.30. The summed E-state index contributed by atoms with van der Waals surface area (Å²) in [5.74, 6) is 0.788. The van der Waals surface area contributed by atoms with Crippen LogP contribution in [0.25, 0.3) is 0 Å². The molecule has 0 radical (unpaired) electrons. The second kappa shape index (κ2) is 12.1. The molecule has 10 heteroatoms. The standard InChI is InChI=1S/C29H27ClN4O5/c1-37-28(36)25-3-2-4-26(33-25)39-23-11-9-22(10-12-23)32-29-31-17-24(20-13-15-38-16-14-20)27(35)34(29)18-19-5-7-21(30)8-6-19/h2-12,17,20H,13-16,18H2,1H3,(H,31,32). The number of esters is 1. The van der Waals surface area contributed by atoms with E-state index in [1.165, 1.54) is 7.11 Å². The quantitative estimate of drug-likeness (QED) is 0.287. The molecule has 39 heavy (non-hydrogen) atoms. The summed E-state index contributed by atoms with van der Waals surface area (Å²) < 4.78 is 17.6. The Labute approximate surface area is 230 Å². The van der Waals surface area contributed by atoms with E-state index in [2.05, 4.69) is 15.3 Å². The Morgan fingerprint density at radius 3 is 2.54 bits per heavy atom. The van der Waals surface area contributed by atoms with E-state index in [0.29, 0.717) is 47.7 Å². The zero-order chi connectivity index (χ0) is 27.2. The molecule has 1 aliphatic heterocycles. The van der Waals surface area contributed by atoms with Gasteiger partial charge >= 0.3 is 5.97 Å². The van der Waals surface area contributed by atoms with Crippen molar-refractivity contribution in [1.82, 2.24) is 14.5 Å². The number of hydrogen-bond donors (Lipinski definition) is 1. The number of hydrogen-bond acceptors (Lipinski definition) is 8. The molecule has 0 amide bonds. The van der Waals surface area contributed by atoms with E-state index in [9.17, 15) is 9.59 Å². The van der Waals surface area contributed by atoms with E-state index in [-0.39, 0.29) is 23.1 Å². The highest BCUT2D eigenvalue weighted by atomic mass is 35.5. The Balaban J connectivity index is 1.38. The van der Waals surface area contributed by atoms with Crippen molar-refractivity contribution in [2.45, 2.75) is 25.3 Å². The first-order valence-corrected chi connectivity index (χ1v) is 12.9. The molecule has 200 valence electrons. The number of nitrogens with one attached hydrogen (secondary N) is 1. The average Bonchev–Trinajstić information content (AvgIpc) is 2.97. The number of aromatic nitrogens is 3. The highest BCUT2D eigenvalue weighted by Crippen LogP contribution is 2.26. The number of carbonyl (C=O) groups excluding carboxylic acids is 1. The summed E-state index contributed by atoms with van der Waals surface area (Å²) in [4.78, 5) is 34.2. The van der Waals surface area contributed by atoms with Gasteiger partial charge in [0.1, 0.15) is 5.75 Å². The molecule has 9 nitrogen and oxygen atoms in total. The highest BCUT2D eigenvalue weighted by Gasteiger charge is 2.22. The molecular weight excluding hydrogens is 520 g/mol. The molecule has 0 unspecified atom stereocenters. The fraction of sp³-hybridized carbons (Fsp3) is 0.241. The van der Waals surface area contributed by atoms with Crippen LogP contribution in [0.15, 0.2) is 77.7 Å². The van der Waals surface area contributed by atoms with Crippen LogP contribution in [-0.4, -0.2) is 40.8 Å². The second-order valence-electron chi connectivity index (χ2n) is 9.05. The van der Waals surface area contributed by atoms with Crippen molar-refractivity contribution in [2.24, 2.45) is 0 Å². The minimum Gasteiger partial charge on any atom is -0.464 e. The fourth-order valence-electron chi connectivity index (χ4n) is 4.36.